The van der Waals surface area contributed by atoms with Gasteiger partial charge in [0.1, 0.15) is 5.75 Å². The van der Waals surface area contributed by atoms with Crippen LogP contribution in [0.15, 0.2) is 48.6 Å². The number of nitrogens with one attached hydrogen (secondary N) is 2. The zero-order valence-electron chi connectivity index (χ0n) is 24.1. The summed E-state index contributed by atoms with van der Waals surface area (Å²) in [4.78, 5) is 70.9. The van der Waals surface area contributed by atoms with Gasteiger partial charge in [-0.15, -0.1) is 0 Å². The van der Waals surface area contributed by atoms with Gasteiger partial charge in [-0.2, -0.15) is 0 Å². The Morgan fingerprint density at radius 2 is 1.63 bits per heavy atom. The van der Waals surface area contributed by atoms with Crippen LogP contribution in [-0.4, -0.2) is 52.0 Å². The minimum Gasteiger partial charge on any atom is -0.403 e. The summed E-state index contributed by atoms with van der Waals surface area (Å²) in [5.74, 6) is -2.29. The normalized spacial score (nSPS) is 14.4. The van der Waals surface area contributed by atoms with Crippen molar-refractivity contribution in [2.45, 2.75) is 51.9 Å². The highest BCUT2D eigenvalue weighted by molar-refractivity contribution is 7.47. The van der Waals surface area contributed by atoms with Gasteiger partial charge in [0.15, 0.2) is 0 Å². The van der Waals surface area contributed by atoms with Crippen molar-refractivity contribution in [2.75, 3.05) is 24.3 Å². The smallest absolute Gasteiger partial charge is 0.403 e. The molecule has 1 heterocycles. The van der Waals surface area contributed by atoms with Crippen LogP contribution < -0.4 is 15.2 Å². The third-order valence-corrected chi connectivity index (χ3v) is 7.29. The number of rotatable bonds is 13. The van der Waals surface area contributed by atoms with Crippen LogP contribution >= 0.6 is 7.82 Å². The van der Waals surface area contributed by atoms with E-state index < -0.39 is 24.1 Å². The van der Waals surface area contributed by atoms with Crippen LogP contribution in [-0.2, 0) is 28.9 Å². The summed E-state index contributed by atoms with van der Waals surface area (Å²) < 4.78 is 21.7. The first-order chi connectivity index (χ1) is 20.1. The Bertz CT molecular complexity index is 1500. The van der Waals surface area contributed by atoms with Crippen molar-refractivity contribution < 1.29 is 42.6 Å². The molecule has 1 aliphatic rings. The lowest BCUT2D eigenvalue weighted by Crippen LogP contribution is -2.30. The first kappa shape index (κ1) is 33.1. The zero-order chi connectivity index (χ0) is 31.9. The predicted octanol–water partition coefficient (Wildman–Crippen LogP) is 4.69. The molecule has 2 aromatic carbocycles. The number of hydrogen-bond donors (Lipinski definition) is 3. The van der Waals surface area contributed by atoms with Crippen LogP contribution in [0.1, 0.15) is 62.4 Å². The molecular weight excluding hydrogens is 583 g/mol. The summed E-state index contributed by atoms with van der Waals surface area (Å²) in [5, 5.41) is 16.8. The number of nitrogens with zero attached hydrogens (tertiary/aromatic N) is 2. The average Bonchev–Trinajstić information content (AvgIpc) is 3.24. The summed E-state index contributed by atoms with van der Waals surface area (Å²) in [5.41, 5.74) is -0.170. The number of carbonyl (C=O) groups is 4. The van der Waals surface area contributed by atoms with E-state index in [0.29, 0.717) is 24.8 Å². The molecule has 14 nitrogen and oxygen atoms in total. The maximum absolute atomic E-state index is 13.1. The molecule has 0 bridgehead atoms. The van der Waals surface area contributed by atoms with Crippen LogP contribution in [0.4, 0.5) is 17.1 Å². The van der Waals surface area contributed by atoms with E-state index in [9.17, 15) is 38.8 Å². The number of benzene rings is 2. The topological polar surface area (TPSA) is 194 Å². The summed E-state index contributed by atoms with van der Waals surface area (Å²) >= 11 is 0. The quantitative estimate of drug-likeness (QED) is 0.0934. The van der Waals surface area contributed by atoms with Crippen molar-refractivity contribution in [1.29, 1.82) is 0 Å². The van der Waals surface area contributed by atoms with Crippen LogP contribution in [0.2, 0.25) is 0 Å². The number of unbranched alkanes of at least 4 members (excludes halogenated alkanes) is 2. The lowest BCUT2D eigenvalue weighted by molar-refractivity contribution is -0.385. The van der Waals surface area contributed by atoms with Gasteiger partial charge in [-0.25, -0.2) is 4.57 Å². The van der Waals surface area contributed by atoms with E-state index in [-0.39, 0.29) is 59.1 Å². The lowest BCUT2D eigenvalue weighted by atomic mass is 9.85. The van der Waals surface area contributed by atoms with E-state index >= 15 is 0 Å². The van der Waals surface area contributed by atoms with Gasteiger partial charge in [-0.3, -0.25) is 43.6 Å². The Balaban J connectivity index is 1.70. The SMILES string of the molecule is COP(=O)(O)Oc1cc(NC(=O)CCCCCN2C(=O)C=CC2=O)ccc1C(=O)Nc1ccc(C(C)(C)C)c([N+](=O)[O-])c1. The molecule has 3 N–H and O–H groups in total. The molecule has 1 atom stereocenters. The van der Waals surface area contributed by atoms with Crippen molar-refractivity contribution in [2.24, 2.45) is 0 Å². The van der Waals surface area contributed by atoms with Crippen LogP contribution in [0.3, 0.4) is 0 Å². The van der Waals surface area contributed by atoms with Crippen molar-refractivity contribution in [3.8, 4) is 5.75 Å². The summed E-state index contributed by atoms with van der Waals surface area (Å²) in [6.45, 7) is 5.71. The number of nitro groups is 1. The van der Waals surface area contributed by atoms with Gasteiger partial charge >= 0.3 is 7.82 Å². The maximum atomic E-state index is 13.1. The van der Waals surface area contributed by atoms with E-state index in [4.69, 9.17) is 4.52 Å². The van der Waals surface area contributed by atoms with E-state index in [1.54, 1.807) is 6.07 Å². The highest BCUT2D eigenvalue weighted by atomic mass is 31.2. The fourth-order valence-electron chi connectivity index (χ4n) is 4.23. The molecule has 0 spiro atoms. The third-order valence-electron chi connectivity index (χ3n) is 6.40. The monoisotopic (exact) mass is 616 g/mol. The molecule has 1 unspecified atom stereocenters. The van der Waals surface area contributed by atoms with Crippen LogP contribution in [0.5, 0.6) is 5.75 Å². The number of nitro benzene ring substituents is 1. The Morgan fingerprint density at radius 1 is 1.00 bits per heavy atom. The van der Waals surface area contributed by atoms with Crippen molar-refractivity contribution in [1.82, 2.24) is 4.90 Å². The number of phosphoric ester groups is 1. The van der Waals surface area contributed by atoms with Gasteiger partial charge in [-0.05, 0) is 42.5 Å². The highest BCUT2D eigenvalue weighted by Crippen LogP contribution is 2.44. The Hall–Kier alpha value is -4.39. The molecule has 0 radical (unpaired) electrons. The molecule has 0 saturated heterocycles. The van der Waals surface area contributed by atoms with E-state index in [1.807, 2.05) is 20.8 Å². The van der Waals surface area contributed by atoms with Gasteiger partial charge < -0.3 is 15.2 Å². The Morgan fingerprint density at radius 3 is 2.23 bits per heavy atom. The molecule has 1 aliphatic heterocycles. The van der Waals surface area contributed by atoms with Gasteiger partial charge in [0.05, 0.1) is 10.5 Å². The van der Waals surface area contributed by atoms with Gasteiger partial charge in [0.25, 0.3) is 23.4 Å². The second kappa shape index (κ2) is 13.7. The largest absolute Gasteiger partial charge is 0.527 e. The number of imide groups is 1. The minimum absolute atomic E-state index is 0.110. The molecular formula is C28H33N4O10P. The van der Waals surface area contributed by atoms with Gasteiger partial charge in [-0.1, -0.05) is 27.2 Å². The van der Waals surface area contributed by atoms with Crippen molar-refractivity contribution >= 4 is 48.5 Å². The Kier molecular flexibility index (Phi) is 10.6. The summed E-state index contributed by atoms with van der Waals surface area (Å²) in [6, 6.07) is 8.09. The number of anilines is 2. The number of amides is 4. The molecule has 3 rings (SSSR count). The van der Waals surface area contributed by atoms with E-state index in [0.717, 1.165) is 12.0 Å². The van der Waals surface area contributed by atoms with Crippen LogP contribution in [0.25, 0.3) is 0 Å². The number of phosphoric acid groups is 1. The molecule has 230 valence electrons. The fourth-order valence-corrected chi connectivity index (χ4v) is 4.70. The molecule has 0 aliphatic carbocycles. The lowest BCUT2D eigenvalue weighted by Gasteiger charge is -2.19. The standard InChI is InChI=1S/C28H33N4O10P/c1-28(2,3)21-12-10-18(16-22(21)32(37)38)30-27(36)20-11-9-19(17-23(20)42-43(39,40)41-4)29-24(33)8-6-5-7-15-31-25(34)13-14-26(31)35/h9-14,16-17H,5-8,15H2,1-4H3,(H,29,33)(H,30,36)(H,39,40). The number of hydrogen-bond acceptors (Lipinski definition) is 9. The molecule has 0 fully saturated rings. The molecule has 0 aromatic heterocycles. The predicted molar refractivity (Wildman–Crippen MR) is 157 cm³/mol. The Labute approximate surface area is 247 Å². The summed E-state index contributed by atoms with van der Waals surface area (Å²) in [6.07, 6.45) is 4.10. The maximum Gasteiger partial charge on any atom is 0.527 e. The molecule has 4 amide bonds. The van der Waals surface area contributed by atoms with Gasteiger partial charge in [0, 0.05) is 61.3 Å². The zero-order valence-corrected chi connectivity index (χ0v) is 25.0. The third kappa shape index (κ3) is 9.05. The average molecular weight is 617 g/mol. The summed E-state index contributed by atoms with van der Waals surface area (Å²) in [7, 11) is -3.69. The van der Waals surface area contributed by atoms with E-state index in [1.165, 1.54) is 42.5 Å². The number of carbonyl (C=O) groups excluding carboxylic acids is 4. The molecule has 43 heavy (non-hydrogen) atoms. The second-order valence-electron chi connectivity index (χ2n) is 10.7. The minimum atomic E-state index is -4.63. The first-order valence-corrected chi connectivity index (χ1v) is 14.8. The van der Waals surface area contributed by atoms with E-state index in [2.05, 4.69) is 15.2 Å². The second-order valence-corrected chi connectivity index (χ2v) is 12.2. The highest BCUT2D eigenvalue weighted by Gasteiger charge is 2.28. The fraction of sp³-hybridized carbons (Fsp3) is 0.357. The van der Waals surface area contributed by atoms with Crippen molar-refractivity contribution in [3.63, 3.8) is 0 Å². The van der Waals surface area contributed by atoms with Crippen molar-refractivity contribution in [3.05, 3.63) is 69.8 Å². The molecule has 2 aromatic rings. The first-order valence-electron chi connectivity index (χ1n) is 13.3. The van der Waals surface area contributed by atoms with Crippen LogP contribution in [0, 0.1) is 10.1 Å². The molecule has 15 heteroatoms. The molecule has 0 saturated carbocycles. The van der Waals surface area contributed by atoms with Gasteiger partial charge in [0.2, 0.25) is 5.91 Å².